The van der Waals surface area contributed by atoms with E-state index in [1.165, 1.54) is 0 Å². The lowest BCUT2D eigenvalue weighted by atomic mass is 10.2. The van der Waals surface area contributed by atoms with Crippen LogP contribution in [-0.4, -0.2) is 37.1 Å². The number of nitrogens with zero attached hydrogens (tertiary/aromatic N) is 2. The summed E-state index contributed by atoms with van der Waals surface area (Å²) < 4.78 is 5.50. The number of aromatic nitrogens is 1. The van der Waals surface area contributed by atoms with Crippen molar-refractivity contribution >= 4 is 5.69 Å². The zero-order valence-corrected chi connectivity index (χ0v) is 9.66. The Labute approximate surface area is 91.1 Å². The molecule has 2 N–H and O–H groups in total. The van der Waals surface area contributed by atoms with Gasteiger partial charge in [0.1, 0.15) is 0 Å². The zero-order valence-electron chi connectivity index (χ0n) is 9.66. The van der Waals surface area contributed by atoms with Crippen molar-refractivity contribution in [3.05, 3.63) is 17.8 Å². The third-order valence-corrected chi connectivity index (χ3v) is 2.13. The number of nitrogens with two attached hydrogens (primary N) is 1. The molecule has 0 spiro atoms. The van der Waals surface area contributed by atoms with Crippen LogP contribution in [0.4, 0.5) is 5.69 Å². The van der Waals surface area contributed by atoms with Crippen molar-refractivity contribution in [3.8, 4) is 5.88 Å². The molecule has 84 valence electrons. The number of anilines is 1. The SMILES string of the molecule is Cc1cc(OCCCN(C)C)ncc1N. The van der Waals surface area contributed by atoms with E-state index in [0.29, 0.717) is 18.2 Å². The Balaban J connectivity index is 2.35. The third kappa shape index (κ3) is 4.16. The van der Waals surface area contributed by atoms with Gasteiger partial charge in [-0.25, -0.2) is 4.98 Å². The fourth-order valence-corrected chi connectivity index (χ4v) is 1.18. The smallest absolute Gasteiger partial charge is 0.213 e. The van der Waals surface area contributed by atoms with Crippen LogP contribution >= 0.6 is 0 Å². The molecule has 0 aliphatic heterocycles. The summed E-state index contributed by atoms with van der Waals surface area (Å²) in [6.45, 7) is 3.66. The monoisotopic (exact) mass is 209 g/mol. The van der Waals surface area contributed by atoms with Crippen LogP contribution in [0.15, 0.2) is 12.3 Å². The Hall–Kier alpha value is -1.29. The quantitative estimate of drug-likeness (QED) is 0.743. The molecule has 1 rings (SSSR count). The average Bonchev–Trinajstić information content (AvgIpc) is 2.18. The summed E-state index contributed by atoms with van der Waals surface area (Å²) >= 11 is 0. The summed E-state index contributed by atoms with van der Waals surface area (Å²) in [6.07, 6.45) is 2.63. The molecule has 1 aromatic heterocycles. The van der Waals surface area contributed by atoms with Gasteiger partial charge in [-0.15, -0.1) is 0 Å². The molecule has 0 saturated carbocycles. The van der Waals surface area contributed by atoms with Gasteiger partial charge >= 0.3 is 0 Å². The van der Waals surface area contributed by atoms with Gasteiger partial charge in [-0.2, -0.15) is 0 Å². The summed E-state index contributed by atoms with van der Waals surface area (Å²) in [5.41, 5.74) is 7.37. The van der Waals surface area contributed by atoms with E-state index >= 15 is 0 Å². The topological polar surface area (TPSA) is 51.4 Å². The van der Waals surface area contributed by atoms with Gasteiger partial charge in [0.2, 0.25) is 5.88 Å². The van der Waals surface area contributed by atoms with Crippen LogP contribution in [-0.2, 0) is 0 Å². The highest BCUT2D eigenvalue weighted by atomic mass is 16.5. The molecule has 0 saturated heterocycles. The molecule has 0 aromatic carbocycles. The van der Waals surface area contributed by atoms with Crippen LogP contribution < -0.4 is 10.5 Å². The van der Waals surface area contributed by atoms with Gasteiger partial charge in [-0.05, 0) is 33.0 Å². The molecule has 0 atom stereocenters. The summed E-state index contributed by atoms with van der Waals surface area (Å²) in [6, 6.07) is 1.87. The number of hydrogen-bond donors (Lipinski definition) is 1. The number of rotatable bonds is 5. The minimum absolute atomic E-state index is 0.653. The van der Waals surface area contributed by atoms with E-state index in [2.05, 4.69) is 9.88 Å². The molecule has 15 heavy (non-hydrogen) atoms. The van der Waals surface area contributed by atoms with E-state index in [9.17, 15) is 0 Å². The van der Waals surface area contributed by atoms with E-state index in [4.69, 9.17) is 10.5 Å². The van der Waals surface area contributed by atoms with Crippen LogP contribution in [0.3, 0.4) is 0 Å². The van der Waals surface area contributed by atoms with Crippen molar-refractivity contribution in [2.45, 2.75) is 13.3 Å². The van der Waals surface area contributed by atoms with Gasteiger partial charge in [-0.1, -0.05) is 0 Å². The molecule has 4 nitrogen and oxygen atoms in total. The van der Waals surface area contributed by atoms with Crippen LogP contribution in [0.25, 0.3) is 0 Å². The maximum Gasteiger partial charge on any atom is 0.213 e. The number of nitrogen functional groups attached to an aromatic ring is 1. The Bertz CT molecular complexity index is 313. The lowest BCUT2D eigenvalue weighted by Gasteiger charge is -2.10. The highest BCUT2D eigenvalue weighted by molar-refractivity contribution is 5.45. The molecule has 1 heterocycles. The normalized spacial score (nSPS) is 10.7. The lowest BCUT2D eigenvalue weighted by Crippen LogP contribution is -2.15. The van der Waals surface area contributed by atoms with Crippen LogP contribution in [0.1, 0.15) is 12.0 Å². The Morgan fingerprint density at radius 3 is 2.80 bits per heavy atom. The molecule has 4 heteroatoms. The number of pyridine rings is 1. The van der Waals surface area contributed by atoms with Gasteiger partial charge < -0.3 is 15.4 Å². The van der Waals surface area contributed by atoms with Crippen molar-refractivity contribution < 1.29 is 4.74 Å². The number of hydrogen-bond acceptors (Lipinski definition) is 4. The van der Waals surface area contributed by atoms with E-state index in [-0.39, 0.29) is 0 Å². The summed E-state index contributed by atoms with van der Waals surface area (Å²) in [5.74, 6) is 0.653. The van der Waals surface area contributed by atoms with Gasteiger partial charge in [0.05, 0.1) is 18.5 Å². The zero-order chi connectivity index (χ0) is 11.3. The third-order valence-electron chi connectivity index (χ3n) is 2.13. The average molecular weight is 209 g/mol. The fraction of sp³-hybridized carbons (Fsp3) is 0.545. The van der Waals surface area contributed by atoms with Gasteiger partial charge in [-0.3, -0.25) is 0 Å². The minimum Gasteiger partial charge on any atom is -0.478 e. The first-order valence-corrected chi connectivity index (χ1v) is 5.09. The molecular formula is C11H19N3O. The van der Waals surface area contributed by atoms with E-state index in [1.807, 2.05) is 27.1 Å². The van der Waals surface area contributed by atoms with Crippen molar-refractivity contribution in [1.29, 1.82) is 0 Å². The maximum atomic E-state index is 5.66. The van der Waals surface area contributed by atoms with Crippen molar-refractivity contribution in [2.24, 2.45) is 0 Å². The highest BCUT2D eigenvalue weighted by Gasteiger charge is 1.99. The lowest BCUT2D eigenvalue weighted by molar-refractivity contribution is 0.273. The second kappa shape index (κ2) is 5.56. The number of ether oxygens (including phenoxy) is 1. The largest absolute Gasteiger partial charge is 0.478 e. The predicted molar refractivity (Wildman–Crippen MR) is 62.1 cm³/mol. The van der Waals surface area contributed by atoms with Gasteiger partial charge in [0, 0.05) is 12.6 Å². The van der Waals surface area contributed by atoms with Crippen LogP contribution in [0.5, 0.6) is 5.88 Å². The molecule has 0 fully saturated rings. The first-order valence-electron chi connectivity index (χ1n) is 5.09. The van der Waals surface area contributed by atoms with Crippen molar-refractivity contribution in [1.82, 2.24) is 9.88 Å². The molecular weight excluding hydrogens is 190 g/mol. The fourth-order valence-electron chi connectivity index (χ4n) is 1.18. The summed E-state index contributed by atoms with van der Waals surface area (Å²) in [7, 11) is 4.09. The first kappa shape index (κ1) is 11.8. The van der Waals surface area contributed by atoms with E-state index < -0.39 is 0 Å². The van der Waals surface area contributed by atoms with Crippen LogP contribution in [0, 0.1) is 6.92 Å². The van der Waals surface area contributed by atoms with Crippen molar-refractivity contribution in [3.63, 3.8) is 0 Å². The van der Waals surface area contributed by atoms with E-state index in [0.717, 1.165) is 18.5 Å². The highest BCUT2D eigenvalue weighted by Crippen LogP contribution is 2.14. The summed E-state index contributed by atoms with van der Waals surface area (Å²) in [4.78, 5) is 6.22. The molecule has 0 aliphatic carbocycles. The van der Waals surface area contributed by atoms with E-state index in [1.54, 1.807) is 6.20 Å². The predicted octanol–water partition coefficient (Wildman–Crippen LogP) is 1.30. The molecule has 0 aliphatic rings. The maximum absolute atomic E-state index is 5.66. The summed E-state index contributed by atoms with van der Waals surface area (Å²) in [5, 5.41) is 0. The molecule has 1 aromatic rings. The second-order valence-electron chi connectivity index (χ2n) is 3.88. The Kier molecular flexibility index (Phi) is 4.37. The molecule has 0 radical (unpaired) electrons. The number of aryl methyl sites for hydroxylation is 1. The Morgan fingerprint density at radius 2 is 2.20 bits per heavy atom. The minimum atomic E-state index is 0.653. The van der Waals surface area contributed by atoms with Gasteiger partial charge in [0.25, 0.3) is 0 Å². The van der Waals surface area contributed by atoms with Crippen molar-refractivity contribution in [2.75, 3.05) is 33.0 Å². The standard InChI is InChI=1S/C11H19N3O/c1-9-7-11(13-8-10(9)12)15-6-4-5-14(2)3/h7-8H,4-6,12H2,1-3H3. The second-order valence-corrected chi connectivity index (χ2v) is 3.88. The molecule has 0 bridgehead atoms. The molecule has 0 amide bonds. The van der Waals surface area contributed by atoms with Gasteiger partial charge in [0.15, 0.2) is 0 Å². The first-order chi connectivity index (χ1) is 7.09. The van der Waals surface area contributed by atoms with Crippen LogP contribution in [0.2, 0.25) is 0 Å². The molecule has 0 unspecified atom stereocenters. The Morgan fingerprint density at radius 1 is 1.47 bits per heavy atom.